The molecule has 3 N–H and O–H groups in total. The predicted octanol–water partition coefficient (Wildman–Crippen LogP) is 18.3. The third-order valence-corrected chi connectivity index (χ3v) is 14.2. The van der Waals surface area contributed by atoms with Gasteiger partial charge in [-0.05, 0) is 25.7 Å². The second-order valence-electron chi connectivity index (χ2n) is 20.7. The summed E-state index contributed by atoms with van der Waals surface area (Å²) in [6, 6.07) is -0.541. The highest BCUT2D eigenvalue weighted by Gasteiger charge is 2.20. The van der Waals surface area contributed by atoms with Gasteiger partial charge in [0.25, 0.3) is 0 Å². The number of nitrogens with one attached hydrogen (secondary N) is 1. The van der Waals surface area contributed by atoms with E-state index in [1.807, 2.05) is 0 Å². The molecule has 6 nitrogen and oxygen atoms in total. The van der Waals surface area contributed by atoms with Crippen molar-refractivity contribution in [1.82, 2.24) is 5.32 Å². The summed E-state index contributed by atoms with van der Waals surface area (Å²) in [5, 5.41) is 23.3. The third-order valence-electron chi connectivity index (χ3n) is 14.2. The molecule has 0 aliphatic carbocycles. The summed E-state index contributed by atoms with van der Waals surface area (Å²) in [5.74, 6) is -0.0221. The topological polar surface area (TPSA) is 95.9 Å². The van der Waals surface area contributed by atoms with Crippen LogP contribution in [0.15, 0.2) is 0 Å². The van der Waals surface area contributed by atoms with Crippen molar-refractivity contribution < 1.29 is 24.5 Å². The van der Waals surface area contributed by atoms with Crippen LogP contribution < -0.4 is 5.32 Å². The minimum Gasteiger partial charge on any atom is -0.466 e. The molecule has 0 saturated heterocycles. The SMILES string of the molecule is CCCCCCCCCCCCCCCCCCCC(O)C(CO)NC(=O)CCCCCCCCCCCCCCCCCCCCCCOC(=O)CCCCCCCCCCCCC. The molecule has 65 heavy (non-hydrogen) atoms. The number of amides is 1. The van der Waals surface area contributed by atoms with E-state index in [-0.39, 0.29) is 18.5 Å². The number of rotatable bonds is 56. The Morgan fingerprint density at radius 2 is 0.631 bits per heavy atom. The van der Waals surface area contributed by atoms with Crippen LogP contribution in [0.5, 0.6) is 0 Å². The monoisotopic (exact) mass is 920 g/mol. The summed E-state index contributed by atoms with van der Waals surface area (Å²) in [5.41, 5.74) is 0. The van der Waals surface area contributed by atoms with Crippen LogP contribution in [0, 0.1) is 0 Å². The molecule has 0 saturated carbocycles. The number of hydrogen-bond donors (Lipinski definition) is 3. The maximum atomic E-state index is 12.5. The third kappa shape index (κ3) is 52.1. The summed E-state index contributed by atoms with van der Waals surface area (Å²) in [4.78, 5) is 24.5. The van der Waals surface area contributed by atoms with E-state index in [2.05, 4.69) is 19.2 Å². The average Bonchev–Trinajstić information content (AvgIpc) is 3.31. The predicted molar refractivity (Wildman–Crippen MR) is 283 cm³/mol. The molecule has 2 atom stereocenters. The molecule has 388 valence electrons. The minimum absolute atomic E-state index is 0.0112. The van der Waals surface area contributed by atoms with Crippen LogP contribution in [0.4, 0.5) is 0 Å². The van der Waals surface area contributed by atoms with Gasteiger partial charge in [-0.3, -0.25) is 9.59 Å². The smallest absolute Gasteiger partial charge is 0.305 e. The molecule has 0 aromatic heterocycles. The van der Waals surface area contributed by atoms with Crippen molar-refractivity contribution in [2.75, 3.05) is 13.2 Å². The molecule has 1 amide bonds. The molecule has 0 fully saturated rings. The lowest BCUT2D eigenvalue weighted by molar-refractivity contribution is -0.143. The fourth-order valence-corrected chi connectivity index (χ4v) is 9.58. The lowest BCUT2D eigenvalue weighted by Gasteiger charge is -2.22. The zero-order valence-corrected chi connectivity index (χ0v) is 44.3. The van der Waals surface area contributed by atoms with E-state index in [1.165, 1.54) is 270 Å². The zero-order valence-electron chi connectivity index (χ0n) is 44.3. The number of aliphatic hydroxyl groups excluding tert-OH is 2. The van der Waals surface area contributed by atoms with Crippen LogP contribution in [-0.4, -0.2) is 47.4 Å². The minimum atomic E-state index is -0.664. The molecule has 0 aromatic rings. The van der Waals surface area contributed by atoms with E-state index in [0.717, 1.165) is 38.5 Å². The average molecular weight is 921 g/mol. The summed E-state index contributed by atoms with van der Waals surface area (Å²) in [7, 11) is 0. The van der Waals surface area contributed by atoms with Crippen molar-refractivity contribution in [3.63, 3.8) is 0 Å². The van der Waals surface area contributed by atoms with Gasteiger partial charge >= 0.3 is 5.97 Å². The van der Waals surface area contributed by atoms with Gasteiger partial charge in [-0.15, -0.1) is 0 Å². The molecule has 0 heterocycles. The quantitative estimate of drug-likeness (QED) is 0.0417. The molecular formula is C59H117NO5. The Balaban J connectivity index is 3.39. The Hall–Kier alpha value is -1.14. The fraction of sp³-hybridized carbons (Fsp3) is 0.966. The molecule has 0 aromatic carbocycles. The van der Waals surface area contributed by atoms with E-state index in [0.29, 0.717) is 25.9 Å². The first-order valence-electron chi connectivity index (χ1n) is 29.8. The summed E-state index contributed by atoms with van der Waals surface area (Å²) in [6.45, 7) is 4.97. The van der Waals surface area contributed by atoms with Crippen LogP contribution >= 0.6 is 0 Å². The summed E-state index contributed by atoms with van der Waals surface area (Å²) in [6.07, 6.45) is 63.8. The van der Waals surface area contributed by atoms with E-state index < -0.39 is 12.1 Å². The molecule has 0 bridgehead atoms. The molecule has 0 spiro atoms. The Morgan fingerprint density at radius 3 is 0.938 bits per heavy atom. The van der Waals surface area contributed by atoms with E-state index in [9.17, 15) is 19.8 Å². The van der Waals surface area contributed by atoms with Crippen molar-refractivity contribution >= 4 is 11.9 Å². The molecule has 6 heteroatoms. The molecule has 0 aliphatic rings. The van der Waals surface area contributed by atoms with Gasteiger partial charge < -0.3 is 20.3 Å². The van der Waals surface area contributed by atoms with E-state index >= 15 is 0 Å². The van der Waals surface area contributed by atoms with Crippen molar-refractivity contribution in [3.8, 4) is 0 Å². The van der Waals surface area contributed by atoms with Gasteiger partial charge in [-0.25, -0.2) is 0 Å². The standard InChI is InChI=1S/C59H117NO5/c1-3-5-7-9-11-13-15-16-17-22-25-28-32-35-39-43-47-51-57(62)56(55-61)60-58(63)52-48-44-40-36-33-29-26-23-20-18-19-21-24-27-30-34-38-42-46-50-54-65-59(64)53-49-45-41-37-31-14-12-10-8-6-4-2/h56-57,61-62H,3-55H2,1-2H3,(H,60,63). The number of ether oxygens (including phenoxy) is 1. The van der Waals surface area contributed by atoms with Crippen LogP contribution in [0.1, 0.15) is 341 Å². The maximum Gasteiger partial charge on any atom is 0.305 e. The van der Waals surface area contributed by atoms with Gasteiger partial charge in [0.15, 0.2) is 0 Å². The van der Waals surface area contributed by atoms with Gasteiger partial charge in [0.05, 0.1) is 25.4 Å². The number of unbranched alkanes of at least 4 members (excludes halogenated alkanes) is 45. The highest BCUT2D eigenvalue weighted by Crippen LogP contribution is 2.18. The highest BCUT2D eigenvalue weighted by atomic mass is 16.5. The molecular weight excluding hydrogens is 803 g/mol. The van der Waals surface area contributed by atoms with Gasteiger partial charge in [-0.2, -0.15) is 0 Å². The molecule has 0 rings (SSSR count). The van der Waals surface area contributed by atoms with Crippen molar-refractivity contribution in [2.45, 2.75) is 353 Å². The van der Waals surface area contributed by atoms with Crippen molar-refractivity contribution in [2.24, 2.45) is 0 Å². The van der Waals surface area contributed by atoms with E-state index in [1.54, 1.807) is 0 Å². The van der Waals surface area contributed by atoms with Crippen LogP contribution in [0.2, 0.25) is 0 Å². The lowest BCUT2D eigenvalue weighted by atomic mass is 10.0. The first-order chi connectivity index (χ1) is 32.0. The fourth-order valence-electron chi connectivity index (χ4n) is 9.58. The first kappa shape index (κ1) is 63.9. The lowest BCUT2D eigenvalue weighted by Crippen LogP contribution is -2.45. The normalized spacial score (nSPS) is 12.5. The van der Waals surface area contributed by atoms with Crippen molar-refractivity contribution in [3.05, 3.63) is 0 Å². The molecule has 0 aliphatic heterocycles. The zero-order chi connectivity index (χ0) is 47.2. The van der Waals surface area contributed by atoms with Crippen LogP contribution in [-0.2, 0) is 14.3 Å². The Morgan fingerprint density at radius 1 is 0.369 bits per heavy atom. The Labute approximate surface area is 406 Å². The second-order valence-corrected chi connectivity index (χ2v) is 20.7. The van der Waals surface area contributed by atoms with Gasteiger partial charge in [0.1, 0.15) is 0 Å². The number of esters is 1. The second kappa shape index (κ2) is 55.5. The maximum absolute atomic E-state index is 12.5. The highest BCUT2D eigenvalue weighted by molar-refractivity contribution is 5.76. The number of hydrogen-bond acceptors (Lipinski definition) is 5. The van der Waals surface area contributed by atoms with Gasteiger partial charge in [0, 0.05) is 12.8 Å². The van der Waals surface area contributed by atoms with Crippen molar-refractivity contribution in [1.29, 1.82) is 0 Å². The number of aliphatic hydroxyl groups is 2. The Bertz CT molecular complexity index is 928. The molecule has 2 unspecified atom stereocenters. The first-order valence-corrected chi connectivity index (χ1v) is 29.8. The van der Waals surface area contributed by atoms with Gasteiger partial charge in [0.2, 0.25) is 5.91 Å². The van der Waals surface area contributed by atoms with Crippen LogP contribution in [0.25, 0.3) is 0 Å². The largest absolute Gasteiger partial charge is 0.466 e. The summed E-state index contributed by atoms with van der Waals surface area (Å²) < 4.78 is 5.46. The van der Waals surface area contributed by atoms with E-state index in [4.69, 9.17) is 4.74 Å². The number of carbonyl (C=O) groups is 2. The Kier molecular flexibility index (Phi) is 54.5. The molecule has 0 radical (unpaired) electrons. The van der Waals surface area contributed by atoms with Crippen LogP contribution in [0.3, 0.4) is 0 Å². The van der Waals surface area contributed by atoms with Gasteiger partial charge in [-0.1, -0.05) is 303 Å². The summed E-state index contributed by atoms with van der Waals surface area (Å²) >= 11 is 0. The number of carbonyl (C=O) groups excluding carboxylic acids is 2.